The van der Waals surface area contributed by atoms with Gasteiger partial charge < -0.3 is 4.74 Å². The highest BCUT2D eigenvalue weighted by atomic mass is 35.5. The summed E-state index contributed by atoms with van der Waals surface area (Å²) in [7, 11) is -3.48. The SMILES string of the molecule is O=S(=O)(c1cccc(Cl)c1)N1CCN(CCOc2ccccc2)CC1. The van der Waals surface area contributed by atoms with Crippen molar-refractivity contribution < 1.29 is 13.2 Å². The summed E-state index contributed by atoms with van der Waals surface area (Å²) in [6, 6.07) is 16.1. The Morgan fingerprint density at radius 2 is 1.68 bits per heavy atom. The molecule has 0 atom stereocenters. The Bertz CT molecular complexity index is 791. The first-order valence-electron chi connectivity index (χ1n) is 8.22. The van der Waals surface area contributed by atoms with Crippen LogP contribution in [0.2, 0.25) is 5.02 Å². The molecule has 0 unspecified atom stereocenters. The van der Waals surface area contributed by atoms with Crippen molar-refractivity contribution in [3.05, 3.63) is 59.6 Å². The topological polar surface area (TPSA) is 49.9 Å². The molecule has 0 amide bonds. The molecule has 7 heteroatoms. The maximum absolute atomic E-state index is 12.7. The molecule has 1 saturated heterocycles. The summed E-state index contributed by atoms with van der Waals surface area (Å²) in [5.41, 5.74) is 0. The van der Waals surface area contributed by atoms with Gasteiger partial charge in [-0.3, -0.25) is 4.90 Å². The van der Waals surface area contributed by atoms with Gasteiger partial charge in [-0.25, -0.2) is 8.42 Å². The summed E-state index contributed by atoms with van der Waals surface area (Å²) >= 11 is 5.92. The molecule has 0 saturated carbocycles. The van der Waals surface area contributed by atoms with Gasteiger partial charge >= 0.3 is 0 Å². The highest BCUT2D eigenvalue weighted by Gasteiger charge is 2.28. The van der Waals surface area contributed by atoms with Crippen LogP contribution in [0, 0.1) is 0 Å². The van der Waals surface area contributed by atoms with Gasteiger partial charge in [0, 0.05) is 37.7 Å². The minimum Gasteiger partial charge on any atom is -0.492 e. The van der Waals surface area contributed by atoms with Gasteiger partial charge in [-0.15, -0.1) is 0 Å². The summed E-state index contributed by atoms with van der Waals surface area (Å²) < 4.78 is 32.6. The molecule has 0 bridgehead atoms. The van der Waals surface area contributed by atoms with E-state index in [1.54, 1.807) is 18.2 Å². The Labute approximate surface area is 153 Å². The summed E-state index contributed by atoms with van der Waals surface area (Å²) in [6.07, 6.45) is 0. The van der Waals surface area contributed by atoms with Gasteiger partial charge in [-0.05, 0) is 30.3 Å². The Balaban J connectivity index is 1.50. The van der Waals surface area contributed by atoms with Crippen LogP contribution in [0.15, 0.2) is 59.5 Å². The quantitative estimate of drug-likeness (QED) is 0.773. The van der Waals surface area contributed by atoms with Crippen LogP contribution in [0.3, 0.4) is 0 Å². The van der Waals surface area contributed by atoms with E-state index in [-0.39, 0.29) is 4.90 Å². The van der Waals surface area contributed by atoms with Crippen molar-refractivity contribution in [1.29, 1.82) is 0 Å². The molecule has 134 valence electrons. The van der Waals surface area contributed by atoms with Crippen molar-refractivity contribution in [2.45, 2.75) is 4.90 Å². The number of rotatable bonds is 6. The van der Waals surface area contributed by atoms with E-state index in [1.807, 2.05) is 30.3 Å². The van der Waals surface area contributed by atoms with Crippen molar-refractivity contribution in [3.63, 3.8) is 0 Å². The van der Waals surface area contributed by atoms with E-state index in [4.69, 9.17) is 16.3 Å². The molecule has 2 aromatic rings. The first-order chi connectivity index (χ1) is 12.1. The van der Waals surface area contributed by atoms with Gasteiger partial charge in [0.25, 0.3) is 0 Å². The number of nitrogens with zero attached hydrogens (tertiary/aromatic N) is 2. The van der Waals surface area contributed by atoms with E-state index < -0.39 is 10.0 Å². The lowest BCUT2D eigenvalue weighted by Crippen LogP contribution is -2.49. The molecule has 2 aromatic carbocycles. The molecule has 1 heterocycles. The lowest BCUT2D eigenvalue weighted by molar-refractivity contribution is 0.159. The number of ether oxygens (including phenoxy) is 1. The van der Waals surface area contributed by atoms with Gasteiger partial charge in [0.15, 0.2) is 0 Å². The zero-order valence-corrected chi connectivity index (χ0v) is 15.4. The third-order valence-electron chi connectivity index (χ3n) is 4.18. The van der Waals surface area contributed by atoms with E-state index in [2.05, 4.69) is 4.90 Å². The highest BCUT2D eigenvalue weighted by Crippen LogP contribution is 2.20. The smallest absolute Gasteiger partial charge is 0.243 e. The monoisotopic (exact) mass is 380 g/mol. The minimum atomic E-state index is -3.48. The number of sulfonamides is 1. The fourth-order valence-corrected chi connectivity index (χ4v) is 4.50. The molecule has 1 aliphatic rings. The molecular weight excluding hydrogens is 360 g/mol. The summed E-state index contributed by atoms with van der Waals surface area (Å²) in [5.74, 6) is 0.852. The van der Waals surface area contributed by atoms with E-state index in [9.17, 15) is 8.42 Å². The molecule has 5 nitrogen and oxygen atoms in total. The second kappa shape index (κ2) is 8.19. The summed E-state index contributed by atoms with van der Waals surface area (Å²) in [6.45, 7) is 3.70. The predicted molar refractivity (Wildman–Crippen MR) is 98.6 cm³/mol. The van der Waals surface area contributed by atoms with Crippen LogP contribution < -0.4 is 4.74 Å². The van der Waals surface area contributed by atoms with Crippen LogP contribution in [-0.4, -0.2) is 57.0 Å². The molecule has 25 heavy (non-hydrogen) atoms. The highest BCUT2D eigenvalue weighted by molar-refractivity contribution is 7.89. The van der Waals surface area contributed by atoms with Crippen molar-refractivity contribution in [1.82, 2.24) is 9.21 Å². The van der Waals surface area contributed by atoms with E-state index >= 15 is 0 Å². The molecule has 0 radical (unpaired) electrons. The van der Waals surface area contributed by atoms with Gasteiger partial charge in [0.1, 0.15) is 12.4 Å². The molecule has 1 fully saturated rings. The van der Waals surface area contributed by atoms with E-state index in [1.165, 1.54) is 10.4 Å². The average Bonchev–Trinajstić information content (AvgIpc) is 2.63. The van der Waals surface area contributed by atoms with Crippen molar-refractivity contribution in [2.75, 3.05) is 39.3 Å². The van der Waals surface area contributed by atoms with Crippen molar-refractivity contribution in [2.24, 2.45) is 0 Å². The molecule has 0 aromatic heterocycles. The van der Waals surface area contributed by atoms with Crippen molar-refractivity contribution in [3.8, 4) is 5.75 Å². The van der Waals surface area contributed by atoms with Gasteiger partial charge in [0.05, 0.1) is 4.90 Å². The molecule has 0 N–H and O–H groups in total. The normalized spacial score (nSPS) is 16.7. The van der Waals surface area contributed by atoms with Crippen LogP contribution in [-0.2, 0) is 10.0 Å². The first-order valence-corrected chi connectivity index (χ1v) is 10.0. The van der Waals surface area contributed by atoms with Crippen LogP contribution in [0.1, 0.15) is 0 Å². The lowest BCUT2D eigenvalue weighted by atomic mass is 10.3. The largest absolute Gasteiger partial charge is 0.492 e. The van der Waals surface area contributed by atoms with Gasteiger partial charge in [-0.2, -0.15) is 4.31 Å². The van der Waals surface area contributed by atoms with Crippen molar-refractivity contribution >= 4 is 21.6 Å². The Morgan fingerprint density at radius 3 is 2.36 bits per heavy atom. The van der Waals surface area contributed by atoms with Gasteiger partial charge in [0.2, 0.25) is 10.0 Å². The molecule has 1 aliphatic heterocycles. The Hall–Kier alpha value is -1.60. The van der Waals surface area contributed by atoms with Gasteiger partial charge in [-0.1, -0.05) is 35.9 Å². The zero-order chi connectivity index (χ0) is 17.7. The number of halogens is 1. The third kappa shape index (κ3) is 4.73. The number of hydrogen-bond donors (Lipinski definition) is 0. The Kier molecular flexibility index (Phi) is 5.96. The number of hydrogen-bond acceptors (Lipinski definition) is 4. The number of piperazine rings is 1. The Morgan fingerprint density at radius 1 is 0.960 bits per heavy atom. The van der Waals surface area contributed by atoms with Crippen LogP contribution >= 0.6 is 11.6 Å². The lowest BCUT2D eigenvalue weighted by Gasteiger charge is -2.33. The summed E-state index contributed by atoms with van der Waals surface area (Å²) in [5, 5.41) is 0.428. The second-order valence-corrected chi connectivity index (χ2v) is 8.24. The van der Waals surface area contributed by atoms with Crippen LogP contribution in [0.4, 0.5) is 0 Å². The second-order valence-electron chi connectivity index (χ2n) is 5.86. The molecule has 3 rings (SSSR count). The molecule has 0 aliphatic carbocycles. The standard InChI is InChI=1S/C18H21ClN2O3S/c19-16-5-4-8-18(15-16)25(22,23)21-11-9-20(10-12-21)13-14-24-17-6-2-1-3-7-17/h1-8,15H,9-14H2. The number of benzene rings is 2. The fourth-order valence-electron chi connectivity index (χ4n) is 2.78. The first kappa shape index (κ1) is 18.2. The zero-order valence-electron chi connectivity index (χ0n) is 13.8. The third-order valence-corrected chi connectivity index (χ3v) is 6.31. The van der Waals surface area contributed by atoms with E-state index in [0.717, 1.165) is 12.3 Å². The maximum atomic E-state index is 12.7. The average molecular weight is 381 g/mol. The van der Waals surface area contributed by atoms with Crippen LogP contribution in [0.5, 0.6) is 5.75 Å². The van der Waals surface area contributed by atoms with Crippen LogP contribution in [0.25, 0.3) is 0 Å². The molecule has 0 spiro atoms. The van der Waals surface area contributed by atoms with E-state index in [0.29, 0.717) is 37.8 Å². The predicted octanol–water partition coefficient (Wildman–Crippen LogP) is 2.73. The molecular formula is C18H21ClN2O3S. The maximum Gasteiger partial charge on any atom is 0.243 e. The number of para-hydroxylation sites is 1. The minimum absolute atomic E-state index is 0.251. The fraction of sp³-hybridized carbons (Fsp3) is 0.333. The summed E-state index contributed by atoms with van der Waals surface area (Å²) in [4.78, 5) is 2.47.